The number of nitrogens with one attached hydrogen (secondary N) is 2. The molecule has 1 unspecified atom stereocenters. The predicted octanol–water partition coefficient (Wildman–Crippen LogP) is 3.08. The molecule has 5 rings (SSSR count). The van der Waals surface area contributed by atoms with Crippen LogP contribution in [0.5, 0.6) is 0 Å². The van der Waals surface area contributed by atoms with Crippen LogP contribution in [0.1, 0.15) is 0 Å². The lowest BCUT2D eigenvalue weighted by molar-refractivity contribution is -0.111. The number of carbonyl (C=O) groups excluding carboxylic acids is 1. The molecule has 1 aliphatic heterocycles. The third-order valence-corrected chi connectivity index (χ3v) is 6.34. The average Bonchev–Trinajstić information content (AvgIpc) is 2.97. The van der Waals surface area contributed by atoms with Crippen LogP contribution in [0, 0.1) is 0 Å². The third-order valence-electron chi connectivity index (χ3n) is 6.34. The van der Waals surface area contributed by atoms with Gasteiger partial charge in [0.25, 0.3) is 0 Å². The van der Waals surface area contributed by atoms with Crippen LogP contribution in [0.4, 0.5) is 23.0 Å². The van der Waals surface area contributed by atoms with Gasteiger partial charge in [0.15, 0.2) is 0 Å². The summed E-state index contributed by atoms with van der Waals surface area (Å²) in [6, 6.07) is 13.3. The Morgan fingerprint density at radius 3 is 2.75 bits per heavy atom. The van der Waals surface area contributed by atoms with E-state index >= 15 is 0 Å². The normalized spacial score (nSPS) is 15.6. The van der Waals surface area contributed by atoms with Gasteiger partial charge in [-0.25, -0.2) is 9.97 Å². The number of hydrogen-bond acceptors (Lipinski definition) is 10. The number of hydrogen-bond donors (Lipinski definition) is 3. The summed E-state index contributed by atoms with van der Waals surface area (Å²) < 4.78 is 5.55. The molecular weight excluding hydrogens is 508 g/mol. The molecule has 3 N–H and O–H groups in total. The molecule has 40 heavy (non-hydrogen) atoms. The van der Waals surface area contributed by atoms with Crippen molar-refractivity contribution in [1.29, 1.82) is 0 Å². The Bertz CT molecular complexity index is 1490. The Kier molecular flexibility index (Phi) is 8.55. The first-order valence-electron chi connectivity index (χ1n) is 13.0. The predicted molar refractivity (Wildman–Crippen MR) is 156 cm³/mol. The second kappa shape index (κ2) is 12.6. The van der Waals surface area contributed by atoms with Crippen LogP contribution in [0.3, 0.4) is 0 Å². The Balaban J connectivity index is 1.33. The number of ether oxygens (including phenoxy) is 1. The number of carbonyl (C=O) groups is 1. The van der Waals surface area contributed by atoms with Crippen LogP contribution in [-0.4, -0.2) is 88.9 Å². The molecule has 4 aromatic rings. The first-order chi connectivity index (χ1) is 19.5. The molecule has 0 spiro atoms. The van der Waals surface area contributed by atoms with Crippen molar-refractivity contribution in [2.75, 3.05) is 62.5 Å². The SMILES string of the molecule is CN(C)CC=CC(=O)Nc1ccnc(-c2nccc3cnc(Nc4ccc(N5CCOC(CO)C5)cc4)nc23)c1. The molecule has 206 valence electrons. The highest BCUT2D eigenvalue weighted by Crippen LogP contribution is 2.27. The maximum absolute atomic E-state index is 12.3. The van der Waals surface area contributed by atoms with Gasteiger partial charge in [-0.3, -0.25) is 14.8 Å². The van der Waals surface area contributed by atoms with Crippen molar-refractivity contribution in [3.05, 3.63) is 73.2 Å². The number of likely N-dealkylation sites (N-methyl/N-ethyl adjacent to an activating group) is 1. The van der Waals surface area contributed by atoms with Gasteiger partial charge in [-0.15, -0.1) is 0 Å². The zero-order valence-corrected chi connectivity index (χ0v) is 22.5. The molecule has 11 nitrogen and oxygen atoms in total. The summed E-state index contributed by atoms with van der Waals surface area (Å²) in [7, 11) is 3.88. The van der Waals surface area contributed by atoms with Crippen molar-refractivity contribution in [2.45, 2.75) is 6.10 Å². The van der Waals surface area contributed by atoms with Gasteiger partial charge in [-0.2, -0.15) is 0 Å². The van der Waals surface area contributed by atoms with Crippen molar-refractivity contribution in [3.8, 4) is 11.4 Å². The van der Waals surface area contributed by atoms with E-state index in [1.54, 1.807) is 36.8 Å². The summed E-state index contributed by atoms with van der Waals surface area (Å²) in [5, 5.41) is 16.4. The summed E-state index contributed by atoms with van der Waals surface area (Å²) in [6.07, 6.45) is 8.22. The standard InChI is InChI=1S/C29H32N8O3/c1-36(2)13-3-4-26(39)33-22-10-12-30-25(16-22)28-27-20(9-11-31-28)17-32-29(35-27)34-21-5-7-23(8-6-21)37-14-15-40-24(18-37)19-38/h3-12,16-17,24,38H,13-15,18-19H2,1-2H3,(H,30,33,39)(H,32,34,35). The lowest BCUT2D eigenvalue weighted by Gasteiger charge is -2.33. The summed E-state index contributed by atoms with van der Waals surface area (Å²) in [5.74, 6) is 0.211. The third kappa shape index (κ3) is 6.75. The first-order valence-corrected chi connectivity index (χ1v) is 13.0. The molecule has 1 aromatic carbocycles. The Hall–Kier alpha value is -4.45. The van der Waals surface area contributed by atoms with Gasteiger partial charge in [0, 0.05) is 66.7 Å². The van der Waals surface area contributed by atoms with Crippen molar-refractivity contribution in [2.24, 2.45) is 0 Å². The van der Waals surface area contributed by atoms with E-state index in [-0.39, 0.29) is 18.6 Å². The van der Waals surface area contributed by atoms with E-state index in [1.165, 1.54) is 6.08 Å². The average molecular weight is 541 g/mol. The van der Waals surface area contributed by atoms with Crippen molar-refractivity contribution in [3.63, 3.8) is 0 Å². The first kappa shape index (κ1) is 27.1. The van der Waals surface area contributed by atoms with E-state index in [4.69, 9.17) is 9.72 Å². The zero-order valence-electron chi connectivity index (χ0n) is 22.5. The van der Waals surface area contributed by atoms with Gasteiger partial charge in [-0.1, -0.05) is 6.08 Å². The number of amides is 1. The van der Waals surface area contributed by atoms with Crippen molar-refractivity contribution in [1.82, 2.24) is 24.8 Å². The van der Waals surface area contributed by atoms with Crippen LogP contribution >= 0.6 is 0 Å². The fraction of sp³-hybridized carbons (Fsp3) is 0.276. The highest BCUT2D eigenvalue weighted by molar-refractivity contribution is 6.00. The second-order valence-corrected chi connectivity index (χ2v) is 9.67. The monoisotopic (exact) mass is 540 g/mol. The summed E-state index contributed by atoms with van der Waals surface area (Å²) in [4.78, 5) is 34.7. The van der Waals surface area contributed by atoms with Gasteiger partial charge >= 0.3 is 0 Å². The van der Waals surface area contributed by atoms with Crippen LogP contribution in [0.25, 0.3) is 22.3 Å². The Morgan fingerprint density at radius 2 is 1.95 bits per heavy atom. The minimum Gasteiger partial charge on any atom is -0.394 e. The highest BCUT2D eigenvalue weighted by atomic mass is 16.5. The van der Waals surface area contributed by atoms with Crippen LogP contribution in [0.15, 0.2) is 73.2 Å². The van der Waals surface area contributed by atoms with E-state index < -0.39 is 0 Å². The molecule has 1 atom stereocenters. The fourth-order valence-electron chi connectivity index (χ4n) is 4.34. The Morgan fingerprint density at radius 1 is 1.12 bits per heavy atom. The molecule has 0 saturated carbocycles. The van der Waals surface area contributed by atoms with E-state index in [1.807, 2.05) is 49.3 Å². The number of rotatable bonds is 9. The summed E-state index contributed by atoms with van der Waals surface area (Å²) >= 11 is 0. The molecule has 4 heterocycles. The van der Waals surface area contributed by atoms with Gasteiger partial charge in [0.2, 0.25) is 11.9 Å². The quantitative estimate of drug-likeness (QED) is 0.273. The largest absolute Gasteiger partial charge is 0.394 e. The van der Waals surface area contributed by atoms with Gasteiger partial charge in [-0.05, 0) is 56.6 Å². The van der Waals surface area contributed by atoms with Crippen LogP contribution in [-0.2, 0) is 9.53 Å². The van der Waals surface area contributed by atoms with Crippen molar-refractivity contribution < 1.29 is 14.6 Å². The van der Waals surface area contributed by atoms with E-state index in [2.05, 4.69) is 30.5 Å². The topological polar surface area (TPSA) is 129 Å². The smallest absolute Gasteiger partial charge is 0.248 e. The van der Waals surface area contributed by atoms with Crippen LogP contribution in [0.2, 0.25) is 0 Å². The number of morpholine rings is 1. The number of aliphatic hydroxyl groups excluding tert-OH is 1. The van der Waals surface area contributed by atoms with Gasteiger partial charge in [0.1, 0.15) is 11.2 Å². The van der Waals surface area contributed by atoms with E-state index in [0.29, 0.717) is 48.2 Å². The minimum atomic E-state index is -0.216. The minimum absolute atomic E-state index is 0.00906. The number of fused-ring (bicyclic) bond motifs is 1. The van der Waals surface area contributed by atoms with Crippen LogP contribution < -0.4 is 15.5 Å². The molecular formula is C29H32N8O3. The molecule has 1 amide bonds. The van der Waals surface area contributed by atoms with Gasteiger partial charge < -0.3 is 30.3 Å². The molecule has 1 aliphatic rings. The molecule has 0 radical (unpaired) electrons. The summed E-state index contributed by atoms with van der Waals surface area (Å²) in [6.45, 7) is 2.70. The fourth-order valence-corrected chi connectivity index (χ4v) is 4.34. The number of aliphatic hydroxyl groups is 1. The van der Waals surface area contributed by atoms with E-state index in [9.17, 15) is 9.90 Å². The lowest BCUT2D eigenvalue weighted by Crippen LogP contribution is -2.44. The highest BCUT2D eigenvalue weighted by Gasteiger charge is 2.20. The molecule has 3 aromatic heterocycles. The van der Waals surface area contributed by atoms with Gasteiger partial charge in [0.05, 0.1) is 25.0 Å². The number of pyridine rings is 2. The zero-order chi connectivity index (χ0) is 27.9. The molecule has 11 heteroatoms. The second-order valence-electron chi connectivity index (χ2n) is 9.67. The number of nitrogens with zero attached hydrogens (tertiary/aromatic N) is 6. The molecule has 1 fully saturated rings. The van der Waals surface area contributed by atoms with E-state index in [0.717, 1.165) is 23.3 Å². The lowest BCUT2D eigenvalue weighted by atomic mass is 10.1. The Labute approximate surface area is 232 Å². The maximum Gasteiger partial charge on any atom is 0.248 e. The number of benzene rings is 1. The molecule has 1 saturated heterocycles. The number of anilines is 4. The van der Waals surface area contributed by atoms with Crippen molar-refractivity contribution >= 4 is 39.8 Å². The number of aromatic nitrogens is 4. The maximum atomic E-state index is 12.3. The summed E-state index contributed by atoms with van der Waals surface area (Å²) in [5.41, 5.74) is 4.32. The molecule has 0 bridgehead atoms. The molecule has 0 aliphatic carbocycles.